The number of carbonyl (C=O) groups excluding carboxylic acids is 3. The van der Waals surface area contributed by atoms with Crippen LogP contribution in [-0.2, 0) is 28.6 Å². The number of unbranched alkanes of at least 4 members (excludes halogenated alkanes) is 10. The molecule has 0 saturated carbocycles. The predicted molar refractivity (Wildman–Crippen MR) is 247 cm³/mol. The van der Waals surface area contributed by atoms with E-state index in [1.54, 1.807) is 0 Å². The Balaban J connectivity index is 4.54. The van der Waals surface area contributed by atoms with Crippen molar-refractivity contribution in [2.24, 2.45) is 0 Å². The van der Waals surface area contributed by atoms with Crippen LogP contribution in [0.15, 0.2) is 109 Å². The number of allylic oxidation sites excluding steroid dienone is 18. The van der Waals surface area contributed by atoms with Gasteiger partial charge in [-0.15, -0.1) is 0 Å². The van der Waals surface area contributed by atoms with Crippen molar-refractivity contribution in [3.63, 3.8) is 0 Å². The van der Waals surface area contributed by atoms with Crippen LogP contribution in [-0.4, -0.2) is 37.2 Å². The molecule has 0 N–H and O–H groups in total. The monoisotopic (exact) mass is 803 g/mol. The molecule has 0 aliphatic rings. The maximum atomic E-state index is 12.7. The second kappa shape index (κ2) is 45.8. The third-order valence-corrected chi connectivity index (χ3v) is 8.97. The van der Waals surface area contributed by atoms with Crippen LogP contribution in [0.3, 0.4) is 0 Å². The van der Waals surface area contributed by atoms with Gasteiger partial charge in [0.15, 0.2) is 6.10 Å². The Morgan fingerprint density at radius 1 is 0.362 bits per heavy atom. The van der Waals surface area contributed by atoms with E-state index in [1.807, 2.05) is 0 Å². The molecule has 1 atom stereocenters. The zero-order valence-corrected chi connectivity index (χ0v) is 37.0. The molecule has 58 heavy (non-hydrogen) atoms. The number of hydrogen-bond donors (Lipinski definition) is 0. The van der Waals surface area contributed by atoms with Gasteiger partial charge >= 0.3 is 17.9 Å². The van der Waals surface area contributed by atoms with Crippen LogP contribution >= 0.6 is 0 Å². The van der Waals surface area contributed by atoms with Gasteiger partial charge in [0.05, 0.1) is 0 Å². The SMILES string of the molecule is CC/C=C\C/C=C\C/C=C\C/C=C\C/C=C\CCCC(=O)OCC(COC(=O)CCCCCCC/C=C\CCC)OC(=O)CCCCC/C=C\C/C=C\C/C=C\CC. The van der Waals surface area contributed by atoms with Crippen LogP contribution < -0.4 is 0 Å². The van der Waals surface area contributed by atoms with E-state index in [4.69, 9.17) is 14.2 Å². The Bertz CT molecular complexity index is 1240. The first-order valence-corrected chi connectivity index (χ1v) is 22.9. The molecule has 0 aromatic heterocycles. The van der Waals surface area contributed by atoms with Gasteiger partial charge in [-0.1, -0.05) is 162 Å². The molecule has 6 heteroatoms. The van der Waals surface area contributed by atoms with E-state index < -0.39 is 6.10 Å². The van der Waals surface area contributed by atoms with Crippen LogP contribution in [0.2, 0.25) is 0 Å². The molecule has 0 rings (SSSR count). The van der Waals surface area contributed by atoms with E-state index in [-0.39, 0.29) is 44.0 Å². The molecule has 0 aliphatic carbocycles. The first-order chi connectivity index (χ1) is 28.5. The molecule has 0 saturated heterocycles. The second-order valence-electron chi connectivity index (χ2n) is 14.5. The summed E-state index contributed by atoms with van der Waals surface area (Å²) in [5.41, 5.74) is 0. The van der Waals surface area contributed by atoms with Gasteiger partial charge in [0, 0.05) is 19.3 Å². The van der Waals surface area contributed by atoms with E-state index >= 15 is 0 Å². The summed E-state index contributed by atoms with van der Waals surface area (Å²) in [4.78, 5) is 37.7. The number of carbonyl (C=O) groups is 3. The summed E-state index contributed by atoms with van der Waals surface area (Å²) in [6.07, 6.45) is 60.8. The Kier molecular flexibility index (Phi) is 42.7. The average Bonchev–Trinajstić information content (AvgIpc) is 3.22. The third kappa shape index (κ3) is 43.2. The first-order valence-electron chi connectivity index (χ1n) is 22.9. The highest BCUT2D eigenvalue weighted by molar-refractivity contribution is 5.71. The Labute approximate surface area is 355 Å². The lowest BCUT2D eigenvalue weighted by Crippen LogP contribution is -2.30. The van der Waals surface area contributed by atoms with E-state index in [0.29, 0.717) is 19.3 Å². The van der Waals surface area contributed by atoms with Crippen LogP contribution in [0.25, 0.3) is 0 Å². The van der Waals surface area contributed by atoms with Crippen molar-refractivity contribution >= 4 is 17.9 Å². The lowest BCUT2D eigenvalue weighted by atomic mass is 10.1. The van der Waals surface area contributed by atoms with E-state index in [2.05, 4.69) is 130 Å². The molecule has 0 amide bonds. The van der Waals surface area contributed by atoms with Crippen molar-refractivity contribution in [1.29, 1.82) is 0 Å². The maximum Gasteiger partial charge on any atom is 0.306 e. The van der Waals surface area contributed by atoms with Gasteiger partial charge in [0.1, 0.15) is 13.2 Å². The molecule has 0 heterocycles. The lowest BCUT2D eigenvalue weighted by Gasteiger charge is -2.18. The van der Waals surface area contributed by atoms with Gasteiger partial charge in [-0.25, -0.2) is 0 Å². The Morgan fingerprint density at radius 2 is 0.690 bits per heavy atom. The molecular formula is C52H82O6. The molecule has 326 valence electrons. The highest BCUT2D eigenvalue weighted by Crippen LogP contribution is 2.11. The summed E-state index contributed by atoms with van der Waals surface area (Å²) in [5, 5.41) is 0. The fourth-order valence-electron chi connectivity index (χ4n) is 5.61. The normalized spacial score (nSPS) is 13.1. The fourth-order valence-corrected chi connectivity index (χ4v) is 5.61. The van der Waals surface area contributed by atoms with Crippen LogP contribution in [0.5, 0.6) is 0 Å². The minimum Gasteiger partial charge on any atom is -0.462 e. The van der Waals surface area contributed by atoms with Gasteiger partial charge < -0.3 is 14.2 Å². The summed E-state index contributed by atoms with van der Waals surface area (Å²) in [6.45, 7) is 6.23. The van der Waals surface area contributed by atoms with Crippen molar-refractivity contribution in [2.45, 2.75) is 187 Å². The second-order valence-corrected chi connectivity index (χ2v) is 14.5. The minimum atomic E-state index is -0.819. The molecule has 0 bridgehead atoms. The smallest absolute Gasteiger partial charge is 0.306 e. The average molecular weight is 803 g/mol. The topological polar surface area (TPSA) is 78.9 Å². The zero-order valence-electron chi connectivity index (χ0n) is 37.0. The summed E-state index contributed by atoms with van der Waals surface area (Å²) in [5.74, 6) is -1.03. The zero-order chi connectivity index (χ0) is 42.3. The summed E-state index contributed by atoms with van der Waals surface area (Å²) < 4.78 is 16.6. The van der Waals surface area contributed by atoms with E-state index in [1.165, 1.54) is 12.8 Å². The van der Waals surface area contributed by atoms with Crippen LogP contribution in [0, 0.1) is 0 Å². The molecule has 0 aromatic carbocycles. The molecule has 0 fully saturated rings. The maximum absolute atomic E-state index is 12.7. The summed E-state index contributed by atoms with van der Waals surface area (Å²) in [7, 11) is 0. The number of hydrogen-bond acceptors (Lipinski definition) is 6. The largest absolute Gasteiger partial charge is 0.462 e. The molecule has 6 nitrogen and oxygen atoms in total. The van der Waals surface area contributed by atoms with Crippen molar-refractivity contribution in [3.8, 4) is 0 Å². The van der Waals surface area contributed by atoms with Crippen molar-refractivity contribution < 1.29 is 28.6 Å². The van der Waals surface area contributed by atoms with Gasteiger partial charge in [-0.3, -0.25) is 14.4 Å². The molecule has 1 unspecified atom stereocenters. The van der Waals surface area contributed by atoms with E-state index in [9.17, 15) is 14.4 Å². The minimum absolute atomic E-state index is 0.115. The highest BCUT2D eigenvalue weighted by Gasteiger charge is 2.19. The summed E-state index contributed by atoms with van der Waals surface area (Å²) >= 11 is 0. The van der Waals surface area contributed by atoms with Gasteiger partial charge in [0.2, 0.25) is 0 Å². The number of esters is 3. The van der Waals surface area contributed by atoms with E-state index in [0.717, 1.165) is 116 Å². The molecule has 0 aliphatic heterocycles. The Hall–Kier alpha value is -3.93. The van der Waals surface area contributed by atoms with Crippen molar-refractivity contribution in [2.75, 3.05) is 13.2 Å². The predicted octanol–water partition coefficient (Wildman–Crippen LogP) is 14.8. The van der Waals surface area contributed by atoms with Gasteiger partial charge in [-0.05, 0) is 109 Å². The first kappa shape index (κ1) is 54.1. The summed E-state index contributed by atoms with van der Waals surface area (Å²) in [6, 6.07) is 0. The molecule has 0 spiro atoms. The highest BCUT2D eigenvalue weighted by atomic mass is 16.6. The molecule has 0 radical (unpaired) electrons. The Morgan fingerprint density at radius 3 is 1.16 bits per heavy atom. The standard InChI is InChI=1S/C52H82O6/c1-4-7-10-13-16-19-22-24-25-26-27-29-30-33-36-39-42-45-51(54)57-48-49(47-56-50(53)44-41-38-35-32-21-18-15-12-9-6-3)58-52(55)46-43-40-37-34-31-28-23-20-17-14-11-8-5-2/h7-8,10-12,15-17,19-20,24-25,27-29,31,33,36,49H,4-6,9,13-14,18,21-23,26,30,32,34-35,37-48H2,1-3H3/b10-7-,11-8-,15-12-,19-16-,20-17-,25-24-,29-27-,31-28-,36-33-. The molecular weight excluding hydrogens is 721 g/mol. The van der Waals surface area contributed by atoms with Crippen LogP contribution in [0.4, 0.5) is 0 Å². The number of rotatable bonds is 39. The van der Waals surface area contributed by atoms with Gasteiger partial charge in [-0.2, -0.15) is 0 Å². The van der Waals surface area contributed by atoms with Crippen LogP contribution in [0.1, 0.15) is 181 Å². The molecule has 0 aromatic rings. The quantitative estimate of drug-likeness (QED) is 0.0267. The third-order valence-electron chi connectivity index (χ3n) is 8.97. The van der Waals surface area contributed by atoms with Crippen molar-refractivity contribution in [1.82, 2.24) is 0 Å². The number of ether oxygens (including phenoxy) is 3. The fraction of sp³-hybridized carbons (Fsp3) is 0.596. The lowest BCUT2D eigenvalue weighted by molar-refractivity contribution is -0.167. The van der Waals surface area contributed by atoms with Gasteiger partial charge in [0.25, 0.3) is 0 Å². The van der Waals surface area contributed by atoms with Crippen molar-refractivity contribution in [3.05, 3.63) is 109 Å².